The molecule has 2 nitrogen and oxygen atoms in total. The van der Waals surface area contributed by atoms with Crippen LogP contribution in [0.15, 0.2) is 21.0 Å². The number of benzene rings is 1. The van der Waals surface area contributed by atoms with E-state index in [1.54, 1.807) is 13.0 Å². The highest BCUT2D eigenvalue weighted by molar-refractivity contribution is 7.71. The minimum absolute atomic E-state index is 0.0468. The summed E-state index contributed by atoms with van der Waals surface area (Å²) in [6.45, 7) is 1.77. The van der Waals surface area contributed by atoms with E-state index in [2.05, 4.69) is 12.2 Å². The summed E-state index contributed by atoms with van der Waals surface area (Å²) in [6.07, 6.45) is 0. The monoisotopic (exact) mass is 184 g/mol. The maximum Gasteiger partial charge on any atom is 0.363 e. The van der Waals surface area contributed by atoms with E-state index in [0.29, 0.717) is 5.58 Å². The molecule has 0 atom stereocenters. The molecule has 0 saturated heterocycles. The van der Waals surface area contributed by atoms with E-state index in [9.17, 15) is 4.39 Å². The highest BCUT2D eigenvalue weighted by Gasteiger charge is 2.07. The van der Waals surface area contributed by atoms with Gasteiger partial charge >= 0.3 is 4.90 Å². The van der Waals surface area contributed by atoms with Gasteiger partial charge in [0.1, 0.15) is 0 Å². The average Bonchev–Trinajstić information content (AvgIpc) is 2.29. The molecule has 1 aromatic carbocycles. The Bertz CT molecular complexity index is 483. The standard InChI is InChI=1S/C8H5FO2S/c1-4-2-5(9)7-6(3-4)10-8(12)11-7/h2-3H,1H3. The molecule has 0 saturated carbocycles. The van der Waals surface area contributed by atoms with Crippen LogP contribution in [-0.2, 0) is 0 Å². The maximum atomic E-state index is 13.1. The largest absolute Gasteiger partial charge is 0.413 e. The second-order valence-electron chi connectivity index (χ2n) is 2.53. The van der Waals surface area contributed by atoms with E-state index in [0.717, 1.165) is 5.56 Å². The molecule has 0 radical (unpaired) electrons. The molecule has 0 aliphatic carbocycles. The molecule has 0 spiro atoms. The lowest BCUT2D eigenvalue weighted by Crippen LogP contribution is -1.77. The molecule has 2 rings (SSSR count). The summed E-state index contributed by atoms with van der Waals surface area (Å²) < 4.78 is 22.8. The number of hydrogen-bond donors (Lipinski definition) is 0. The molecular formula is C8H5FO2S. The van der Waals surface area contributed by atoms with Gasteiger partial charge in [0, 0.05) is 12.2 Å². The second-order valence-corrected chi connectivity index (χ2v) is 2.86. The zero-order chi connectivity index (χ0) is 8.72. The zero-order valence-corrected chi connectivity index (χ0v) is 7.07. The predicted molar refractivity (Wildman–Crippen MR) is 44.0 cm³/mol. The lowest BCUT2D eigenvalue weighted by Gasteiger charge is -1.90. The van der Waals surface area contributed by atoms with Crippen LogP contribution in [0.4, 0.5) is 4.39 Å². The van der Waals surface area contributed by atoms with Gasteiger partial charge in [-0.2, -0.15) is 0 Å². The fourth-order valence-electron chi connectivity index (χ4n) is 1.07. The molecule has 0 N–H and O–H groups in total. The number of fused-ring (bicyclic) bond motifs is 1. The first-order chi connectivity index (χ1) is 5.66. The predicted octanol–water partition coefficient (Wildman–Crippen LogP) is 3.20. The van der Waals surface area contributed by atoms with Gasteiger partial charge in [-0.3, -0.25) is 0 Å². The molecule has 1 aromatic heterocycles. The summed E-state index contributed by atoms with van der Waals surface area (Å²) >= 11 is 4.62. The molecule has 12 heavy (non-hydrogen) atoms. The smallest absolute Gasteiger partial charge is 0.363 e. The SMILES string of the molecule is Cc1cc(F)c2oc(=S)oc2c1. The maximum absolute atomic E-state index is 13.1. The summed E-state index contributed by atoms with van der Waals surface area (Å²) in [7, 11) is 0. The fourth-order valence-corrected chi connectivity index (χ4v) is 1.24. The Labute approximate surface area is 72.6 Å². The third-order valence-corrected chi connectivity index (χ3v) is 1.70. The molecule has 0 bridgehead atoms. The molecular weight excluding hydrogens is 179 g/mol. The molecule has 2 aromatic rings. The summed E-state index contributed by atoms with van der Waals surface area (Å²) in [5.41, 5.74) is 1.22. The van der Waals surface area contributed by atoms with Crippen LogP contribution < -0.4 is 0 Å². The molecule has 1 heterocycles. The van der Waals surface area contributed by atoms with Gasteiger partial charge in [0.2, 0.25) is 5.58 Å². The molecule has 0 aliphatic rings. The highest BCUT2D eigenvalue weighted by Crippen LogP contribution is 2.21. The van der Waals surface area contributed by atoms with Crippen molar-refractivity contribution in [3.63, 3.8) is 0 Å². The highest BCUT2D eigenvalue weighted by atomic mass is 32.1. The lowest BCUT2D eigenvalue weighted by molar-refractivity contribution is 0.438. The van der Waals surface area contributed by atoms with Crippen LogP contribution >= 0.6 is 12.2 Å². The van der Waals surface area contributed by atoms with Crippen LogP contribution in [0.1, 0.15) is 5.56 Å². The summed E-state index contributed by atoms with van der Waals surface area (Å²) in [6, 6.07) is 3.05. The van der Waals surface area contributed by atoms with E-state index < -0.39 is 5.82 Å². The van der Waals surface area contributed by atoms with Gasteiger partial charge < -0.3 is 8.83 Å². The van der Waals surface area contributed by atoms with E-state index in [1.807, 2.05) is 0 Å². The Morgan fingerprint density at radius 1 is 1.33 bits per heavy atom. The van der Waals surface area contributed by atoms with Crippen molar-refractivity contribution >= 4 is 23.4 Å². The summed E-state index contributed by atoms with van der Waals surface area (Å²) in [4.78, 5) is -0.0468. The molecule has 0 aliphatic heterocycles. The Hall–Kier alpha value is -1.16. The molecule has 0 amide bonds. The van der Waals surface area contributed by atoms with Crippen LogP contribution in [0, 0.1) is 17.6 Å². The molecule has 0 fully saturated rings. The van der Waals surface area contributed by atoms with Gasteiger partial charge in [0.05, 0.1) is 0 Å². The van der Waals surface area contributed by atoms with Crippen molar-refractivity contribution in [1.82, 2.24) is 0 Å². The van der Waals surface area contributed by atoms with E-state index in [1.165, 1.54) is 6.07 Å². The average molecular weight is 184 g/mol. The van der Waals surface area contributed by atoms with Crippen molar-refractivity contribution in [3.8, 4) is 0 Å². The van der Waals surface area contributed by atoms with Crippen LogP contribution in [-0.4, -0.2) is 0 Å². The van der Waals surface area contributed by atoms with Crippen molar-refractivity contribution < 1.29 is 13.2 Å². The van der Waals surface area contributed by atoms with E-state index >= 15 is 0 Å². The second kappa shape index (κ2) is 2.42. The molecule has 62 valence electrons. The lowest BCUT2D eigenvalue weighted by atomic mass is 10.2. The van der Waals surface area contributed by atoms with E-state index in [-0.39, 0.29) is 10.5 Å². The molecule has 4 heteroatoms. The number of aryl methyl sites for hydroxylation is 1. The summed E-state index contributed by atoms with van der Waals surface area (Å²) in [5, 5.41) is 0. The first-order valence-electron chi connectivity index (χ1n) is 3.36. The van der Waals surface area contributed by atoms with Crippen molar-refractivity contribution in [2.24, 2.45) is 0 Å². The zero-order valence-electron chi connectivity index (χ0n) is 6.26. The fraction of sp³-hybridized carbons (Fsp3) is 0.125. The quantitative estimate of drug-likeness (QED) is 0.588. The van der Waals surface area contributed by atoms with Gasteiger partial charge in [-0.1, -0.05) is 0 Å². The Morgan fingerprint density at radius 2 is 2.08 bits per heavy atom. The van der Waals surface area contributed by atoms with Crippen LogP contribution in [0.3, 0.4) is 0 Å². The third kappa shape index (κ3) is 1.04. The Morgan fingerprint density at radius 3 is 2.83 bits per heavy atom. The number of rotatable bonds is 0. The minimum Gasteiger partial charge on any atom is -0.413 e. The minimum atomic E-state index is -0.440. The number of hydrogen-bond acceptors (Lipinski definition) is 3. The van der Waals surface area contributed by atoms with Crippen LogP contribution in [0.25, 0.3) is 11.2 Å². The van der Waals surface area contributed by atoms with Crippen molar-refractivity contribution in [2.45, 2.75) is 6.92 Å². The van der Waals surface area contributed by atoms with Crippen molar-refractivity contribution in [1.29, 1.82) is 0 Å². The third-order valence-electron chi connectivity index (χ3n) is 1.53. The van der Waals surface area contributed by atoms with E-state index in [4.69, 9.17) is 8.83 Å². The molecule has 0 unspecified atom stereocenters. The van der Waals surface area contributed by atoms with Gasteiger partial charge in [-0.15, -0.1) is 0 Å². The van der Waals surface area contributed by atoms with Crippen LogP contribution in [0.2, 0.25) is 0 Å². The number of halogens is 1. The van der Waals surface area contributed by atoms with Gasteiger partial charge in [-0.05, 0) is 24.6 Å². The van der Waals surface area contributed by atoms with Crippen molar-refractivity contribution in [3.05, 3.63) is 28.4 Å². The topological polar surface area (TPSA) is 26.3 Å². The normalized spacial score (nSPS) is 10.8. The first-order valence-corrected chi connectivity index (χ1v) is 3.77. The van der Waals surface area contributed by atoms with Crippen molar-refractivity contribution in [2.75, 3.05) is 0 Å². The van der Waals surface area contributed by atoms with Gasteiger partial charge in [-0.25, -0.2) is 4.39 Å². The summed E-state index contributed by atoms with van der Waals surface area (Å²) in [5.74, 6) is -0.440. The van der Waals surface area contributed by atoms with Gasteiger partial charge in [0.15, 0.2) is 11.4 Å². The Kier molecular flexibility index (Phi) is 1.51. The Balaban J connectivity index is 2.97. The van der Waals surface area contributed by atoms with Gasteiger partial charge in [0.25, 0.3) is 0 Å². The van der Waals surface area contributed by atoms with Crippen LogP contribution in [0.5, 0.6) is 0 Å². The first kappa shape index (κ1) is 7.49.